The summed E-state index contributed by atoms with van der Waals surface area (Å²) in [5.41, 5.74) is -1.63. The lowest BCUT2D eigenvalue weighted by molar-refractivity contribution is -0.159. The fourth-order valence-corrected chi connectivity index (χ4v) is 3.32. The summed E-state index contributed by atoms with van der Waals surface area (Å²) in [5.74, 6) is -2.64. The molecular formula is C16H13F4N3O2S. The molecule has 0 aliphatic heterocycles. The molecule has 2 aromatic rings. The number of amides is 2. The molecule has 0 unspecified atom stereocenters. The Labute approximate surface area is 149 Å². The maximum absolute atomic E-state index is 14.0. The normalized spacial score (nSPS) is 15.6. The van der Waals surface area contributed by atoms with E-state index < -0.39 is 30.2 Å². The SMILES string of the molecule is Cc1nc(-c2cccnc2)sc1C(=O)N(CC(F)(F)F)C(=O)C1(F)CC1. The van der Waals surface area contributed by atoms with Crippen molar-refractivity contribution in [3.63, 3.8) is 0 Å². The fourth-order valence-electron chi connectivity index (χ4n) is 2.31. The second-order valence-corrected chi connectivity index (χ2v) is 6.95. The van der Waals surface area contributed by atoms with Crippen molar-refractivity contribution in [2.45, 2.75) is 31.6 Å². The number of imide groups is 1. The van der Waals surface area contributed by atoms with Crippen LogP contribution < -0.4 is 0 Å². The topological polar surface area (TPSA) is 63.2 Å². The summed E-state index contributed by atoms with van der Waals surface area (Å²) in [5, 5.41) is 0.375. The molecule has 2 heterocycles. The van der Waals surface area contributed by atoms with Crippen molar-refractivity contribution in [3.8, 4) is 10.6 Å². The van der Waals surface area contributed by atoms with Crippen molar-refractivity contribution in [1.82, 2.24) is 14.9 Å². The van der Waals surface area contributed by atoms with Crippen LogP contribution in [0.5, 0.6) is 0 Å². The molecule has 26 heavy (non-hydrogen) atoms. The van der Waals surface area contributed by atoms with Gasteiger partial charge < -0.3 is 0 Å². The predicted molar refractivity (Wildman–Crippen MR) is 85.3 cm³/mol. The number of aryl methyl sites for hydroxylation is 1. The van der Waals surface area contributed by atoms with E-state index in [4.69, 9.17) is 0 Å². The van der Waals surface area contributed by atoms with Crippen LogP contribution in [-0.2, 0) is 4.79 Å². The minimum Gasteiger partial charge on any atom is -0.271 e. The quantitative estimate of drug-likeness (QED) is 0.595. The van der Waals surface area contributed by atoms with Crippen LogP contribution in [0.1, 0.15) is 28.2 Å². The van der Waals surface area contributed by atoms with Gasteiger partial charge in [-0.15, -0.1) is 11.3 Å². The van der Waals surface area contributed by atoms with Crippen LogP contribution in [0.15, 0.2) is 24.5 Å². The van der Waals surface area contributed by atoms with Crippen LogP contribution in [-0.4, -0.2) is 45.1 Å². The Kier molecular flexibility index (Phi) is 4.55. The minimum absolute atomic E-state index is 0.0550. The molecule has 3 rings (SSSR count). The van der Waals surface area contributed by atoms with Crippen molar-refractivity contribution in [3.05, 3.63) is 35.1 Å². The Balaban J connectivity index is 1.94. The Hall–Kier alpha value is -2.36. The number of rotatable bonds is 4. The summed E-state index contributed by atoms with van der Waals surface area (Å²) in [6.07, 6.45) is -2.17. The van der Waals surface area contributed by atoms with E-state index >= 15 is 0 Å². The van der Waals surface area contributed by atoms with Gasteiger partial charge in [-0.05, 0) is 31.9 Å². The number of alkyl halides is 4. The Morgan fingerprint density at radius 2 is 2.04 bits per heavy atom. The highest BCUT2D eigenvalue weighted by atomic mass is 32.1. The zero-order chi connectivity index (χ0) is 19.1. The maximum Gasteiger partial charge on any atom is 0.406 e. The van der Waals surface area contributed by atoms with E-state index in [1.54, 1.807) is 12.1 Å². The third kappa shape index (κ3) is 3.74. The van der Waals surface area contributed by atoms with E-state index in [1.165, 1.54) is 19.3 Å². The highest BCUT2D eigenvalue weighted by Gasteiger charge is 2.55. The fraction of sp³-hybridized carbons (Fsp3) is 0.375. The summed E-state index contributed by atoms with van der Waals surface area (Å²) in [6, 6.07) is 3.33. The molecule has 0 saturated heterocycles. The van der Waals surface area contributed by atoms with Crippen molar-refractivity contribution < 1.29 is 27.2 Å². The molecular weight excluding hydrogens is 374 g/mol. The van der Waals surface area contributed by atoms with E-state index in [9.17, 15) is 27.2 Å². The van der Waals surface area contributed by atoms with Gasteiger partial charge in [0.15, 0.2) is 5.67 Å². The third-order valence-corrected chi connectivity index (χ3v) is 4.99. The molecule has 0 spiro atoms. The molecule has 138 valence electrons. The molecule has 10 heteroatoms. The predicted octanol–water partition coefficient (Wildman–Crippen LogP) is 3.55. The highest BCUT2D eigenvalue weighted by Crippen LogP contribution is 2.42. The number of carbonyl (C=O) groups is 2. The molecule has 0 radical (unpaired) electrons. The van der Waals surface area contributed by atoms with Crippen LogP contribution in [0, 0.1) is 6.92 Å². The molecule has 5 nitrogen and oxygen atoms in total. The summed E-state index contributed by atoms with van der Waals surface area (Å²) < 4.78 is 52.5. The van der Waals surface area contributed by atoms with Gasteiger partial charge >= 0.3 is 6.18 Å². The summed E-state index contributed by atoms with van der Waals surface area (Å²) >= 11 is 0.839. The number of nitrogens with zero attached hydrogens (tertiary/aromatic N) is 3. The number of hydrogen-bond acceptors (Lipinski definition) is 5. The molecule has 0 N–H and O–H groups in total. The van der Waals surface area contributed by atoms with Gasteiger partial charge in [0.1, 0.15) is 16.4 Å². The first-order chi connectivity index (χ1) is 12.1. The van der Waals surface area contributed by atoms with Crippen LogP contribution in [0.3, 0.4) is 0 Å². The van der Waals surface area contributed by atoms with Crippen LogP contribution in [0.25, 0.3) is 10.6 Å². The summed E-state index contributed by atoms with van der Waals surface area (Å²) in [7, 11) is 0. The van der Waals surface area contributed by atoms with Gasteiger partial charge in [0.05, 0.1) is 5.69 Å². The van der Waals surface area contributed by atoms with Gasteiger partial charge in [-0.2, -0.15) is 13.2 Å². The largest absolute Gasteiger partial charge is 0.406 e. The lowest BCUT2D eigenvalue weighted by atomic mass is 10.2. The second kappa shape index (κ2) is 6.42. The molecule has 0 aromatic carbocycles. The zero-order valence-electron chi connectivity index (χ0n) is 13.5. The molecule has 1 aliphatic rings. The molecule has 0 atom stereocenters. The number of thiazole rings is 1. The summed E-state index contributed by atoms with van der Waals surface area (Å²) in [4.78, 5) is 32.6. The monoisotopic (exact) mass is 387 g/mol. The standard InChI is InChI=1S/C16H13F4N3O2S/c1-9-11(26-12(22-9)10-3-2-6-21-7-10)13(24)23(8-16(18,19)20)14(25)15(17)4-5-15/h2-3,6-7H,4-5,8H2,1H3. The van der Waals surface area contributed by atoms with Crippen molar-refractivity contribution in [2.24, 2.45) is 0 Å². The number of halogens is 4. The van der Waals surface area contributed by atoms with Gasteiger partial charge in [0, 0.05) is 18.0 Å². The van der Waals surface area contributed by atoms with Crippen LogP contribution in [0.4, 0.5) is 17.6 Å². The lowest BCUT2D eigenvalue weighted by Gasteiger charge is -2.23. The average Bonchev–Trinajstić information content (AvgIpc) is 3.22. The van der Waals surface area contributed by atoms with Crippen molar-refractivity contribution >= 4 is 23.2 Å². The third-order valence-electron chi connectivity index (χ3n) is 3.80. The van der Waals surface area contributed by atoms with E-state index in [0.29, 0.717) is 10.6 Å². The van der Waals surface area contributed by atoms with Crippen molar-refractivity contribution in [1.29, 1.82) is 0 Å². The Morgan fingerprint density at radius 1 is 1.35 bits per heavy atom. The Morgan fingerprint density at radius 3 is 2.58 bits per heavy atom. The van der Waals surface area contributed by atoms with Gasteiger partial charge in [0.2, 0.25) is 0 Å². The maximum atomic E-state index is 14.0. The number of aromatic nitrogens is 2. The smallest absolute Gasteiger partial charge is 0.271 e. The number of pyridine rings is 1. The average molecular weight is 387 g/mol. The highest BCUT2D eigenvalue weighted by molar-refractivity contribution is 7.17. The van der Waals surface area contributed by atoms with Gasteiger partial charge in [-0.25, -0.2) is 9.37 Å². The minimum atomic E-state index is -4.83. The van der Waals surface area contributed by atoms with Gasteiger partial charge in [-0.1, -0.05) is 0 Å². The van der Waals surface area contributed by atoms with E-state index in [1.807, 2.05) is 0 Å². The molecule has 1 saturated carbocycles. The molecule has 1 aliphatic carbocycles. The molecule has 1 fully saturated rings. The van der Waals surface area contributed by atoms with Gasteiger partial charge in [0.25, 0.3) is 11.8 Å². The summed E-state index contributed by atoms with van der Waals surface area (Å²) in [6.45, 7) is -0.391. The van der Waals surface area contributed by atoms with Crippen LogP contribution >= 0.6 is 11.3 Å². The first-order valence-electron chi connectivity index (χ1n) is 7.60. The van der Waals surface area contributed by atoms with E-state index in [2.05, 4.69) is 9.97 Å². The Bertz CT molecular complexity index is 847. The second-order valence-electron chi connectivity index (χ2n) is 5.95. The van der Waals surface area contributed by atoms with Crippen LogP contribution in [0.2, 0.25) is 0 Å². The number of hydrogen-bond donors (Lipinski definition) is 0. The van der Waals surface area contributed by atoms with E-state index in [0.717, 1.165) is 11.3 Å². The first kappa shape index (κ1) is 18.4. The van der Waals surface area contributed by atoms with E-state index in [-0.39, 0.29) is 28.3 Å². The zero-order valence-corrected chi connectivity index (χ0v) is 14.3. The molecule has 0 bridgehead atoms. The molecule has 2 aromatic heterocycles. The van der Waals surface area contributed by atoms with Gasteiger partial charge in [-0.3, -0.25) is 19.5 Å². The van der Waals surface area contributed by atoms with Crippen molar-refractivity contribution in [2.75, 3.05) is 6.54 Å². The first-order valence-corrected chi connectivity index (χ1v) is 8.42. The lowest BCUT2D eigenvalue weighted by Crippen LogP contribution is -2.47. The number of carbonyl (C=O) groups excluding carboxylic acids is 2. The molecule has 2 amide bonds.